The predicted octanol–water partition coefficient (Wildman–Crippen LogP) is 0.0968. The van der Waals surface area contributed by atoms with Gasteiger partial charge in [0.15, 0.2) is 0 Å². The molecule has 0 spiro atoms. The summed E-state index contributed by atoms with van der Waals surface area (Å²) in [6, 6.07) is 2.56. The van der Waals surface area contributed by atoms with Crippen molar-refractivity contribution in [2.24, 2.45) is 5.41 Å². The van der Waals surface area contributed by atoms with Crippen LogP contribution in [0.15, 0.2) is 16.9 Å². The van der Waals surface area contributed by atoms with Crippen LogP contribution in [0.25, 0.3) is 0 Å². The lowest BCUT2D eigenvalue weighted by Crippen LogP contribution is -2.37. The van der Waals surface area contributed by atoms with E-state index in [1.54, 1.807) is 6.92 Å². The molecule has 0 aromatic carbocycles. The lowest BCUT2D eigenvalue weighted by molar-refractivity contribution is -0.148. The third-order valence-corrected chi connectivity index (χ3v) is 3.67. The predicted molar refractivity (Wildman–Crippen MR) is 65.7 cm³/mol. The van der Waals surface area contributed by atoms with E-state index in [4.69, 9.17) is 0 Å². The normalized spacial score (nSPS) is 22.5. The number of carbonyl (C=O) groups is 2. The molecule has 1 fully saturated rings. The topological polar surface area (TPSA) is 103 Å². The van der Waals surface area contributed by atoms with Gasteiger partial charge in [0.05, 0.1) is 5.41 Å². The van der Waals surface area contributed by atoms with Gasteiger partial charge in [-0.25, -0.2) is 5.10 Å². The Kier molecular flexibility index (Phi) is 3.37. The standard InChI is InChI=1S/C12H15N3O4/c1-2-12(11(18)19)5-6-15(7-12)10(17)8-3-4-9(16)14-13-8/h3-4H,2,5-7H2,1H3,(H,14,16)(H,18,19). The van der Waals surface area contributed by atoms with Gasteiger partial charge in [0.1, 0.15) is 5.69 Å². The molecule has 1 amide bonds. The molecule has 1 aliphatic rings. The van der Waals surface area contributed by atoms with Crippen LogP contribution in [0.5, 0.6) is 0 Å². The Morgan fingerprint density at radius 1 is 1.53 bits per heavy atom. The highest BCUT2D eigenvalue weighted by Gasteiger charge is 2.45. The fourth-order valence-electron chi connectivity index (χ4n) is 2.29. The van der Waals surface area contributed by atoms with Crippen molar-refractivity contribution in [1.29, 1.82) is 0 Å². The zero-order valence-corrected chi connectivity index (χ0v) is 10.5. The van der Waals surface area contributed by atoms with Crippen molar-refractivity contribution in [2.75, 3.05) is 13.1 Å². The number of carbonyl (C=O) groups excluding carboxylic acids is 1. The van der Waals surface area contributed by atoms with E-state index in [1.807, 2.05) is 0 Å². The van der Waals surface area contributed by atoms with Crippen molar-refractivity contribution in [1.82, 2.24) is 15.1 Å². The molecule has 0 bridgehead atoms. The number of aromatic nitrogens is 2. The summed E-state index contributed by atoms with van der Waals surface area (Å²) >= 11 is 0. The molecule has 2 heterocycles. The minimum Gasteiger partial charge on any atom is -0.481 e. The van der Waals surface area contributed by atoms with Gasteiger partial charge in [0, 0.05) is 19.2 Å². The zero-order chi connectivity index (χ0) is 14.0. The second-order valence-electron chi connectivity index (χ2n) is 4.72. The molecule has 2 N–H and O–H groups in total. The van der Waals surface area contributed by atoms with Crippen molar-refractivity contribution in [2.45, 2.75) is 19.8 Å². The van der Waals surface area contributed by atoms with Crippen LogP contribution in [0.1, 0.15) is 30.3 Å². The Balaban J connectivity index is 2.17. The quantitative estimate of drug-likeness (QED) is 0.806. The fraction of sp³-hybridized carbons (Fsp3) is 0.500. The van der Waals surface area contributed by atoms with Crippen LogP contribution < -0.4 is 5.56 Å². The molecule has 7 heteroatoms. The van der Waals surface area contributed by atoms with Gasteiger partial charge in [0.25, 0.3) is 11.5 Å². The van der Waals surface area contributed by atoms with E-state index in [-0.39, 0.29) is 23.7 Å². The van der Waals surface area contributed by atoms with Gasteiger partial charge in [-0.1, -0.05) is 6.92 Å². The number of aromatic amines is 1. The summed E-state index contributed by atoms with van der Waals surface area (Å²) in [7, 11) is 0. The highest BCUT2D eigenvalue weighted by Crippen LogP contribution is 2.34. The van der Waals surface area contributed by atoms with Gasteiger partial charge in [0.2, 0.25) is 0 Å². The van der Waals surface area contributed by atoms with Crippen LogP contribution in [0.3, 0.4) is 0 Å². The highest BCUT2D eigenvalue weighted by molar-refractivity contribution is 5.93. The number of hydrogen-bond donors (Lipinski definition) is 2. The van der Waals surface area contributed by atoms with Crippen molar-refractivity contribution in [3.8, 4) is 0 Å². The summed E-state index contributed by atoms with van der Waals surface area (Å²) in [4.78, 5) is 35.8. The number of carboxylic acid groups (broad SMARTS) is 1. The first-order chi connectivity index (χ1) is 8.98. The second-order valence-corrected chi connectivity index (χ2v) is 4.72. The Bertz CT molecular complexity index is 548. The average Bonchev–Trinajstić information content (AvgIpc) is 2.84. The molecule has 102 valence electrons. The number of aliphatic carboxylic acids is 1. The monoisotopic (exact) mass is 265 g/mol. The van der Waals surface area contributed by atoms with Gasteiger partial charge < -0.3 is 10.0 Å². The van der Waals surface area contributed by atoms with Crippen molar-refractivity contribution < 1.29 is 14.7 Å². The molecule has 19 heavy (non-hydrogen) atoms. The zero-order valence-electron chi connectivity index (χ0n) is 10.5. The lowest BCUT2D eigenvalue weighted by atomic mass is 9.84. The first kappa shape index (κ1) is 13.3. The molecule has 2 rings (SSSR count). The van der Waals surface area contributed by atoms with Gasteiger partial charge in [-0.05, 0) is 18.9 Å². The molecule has 0 aliphatic carbocycles. The van der Waals surface area contributed by atoms with Crippen LogP contribution in [-0.4, -0.2) is 45.2 Å². The van der Waals surface area contributed by atoms with Crippen LogP contribution in [0.4, 0.5) is 0 Å². The van der Waals surface area contributed by atoms with Gasteiger partial charge in [-0.2, -0.15) is 5.10 Å². The molecule has 1 unspecified atom stereocenters. The third-order valence-electron chi connectivity index (χ3n) is 3.67. The van der Waals surface area contributed by atoms with E-state index in [9.17, 15) is 19.5 Å². The SMILES string of the molecule is CCC1(C(=O)O)CCN(C(=O)c2ccc(=O)[nH]n2)C1. The minimum absolute atomic E-state index is 0.122. The number of nitrogens with zero attached hydrogens (tertiary/aromatic N) is 2. The van der Waals surface area contributed by atoms with E-state index in [1.165, 1.54) is 17.0 Å². The maximum absolute atomic E-state index is 12.1. The molecular formula is C12H15N3O4. The first-order valence-corrected chi connectivity index (χ1v) is 6.07. The number of rotatable bonds is 3. The number of carboxylic acids is 1. The van der Waals surface area contributed by atoms with Crippen LogP contribution in [0.2, 0.25) is 0 Å². The summed E-state index contributed by atoms with van der Waals surface area (Å²) in [5.74, 6) is -1.23. The second kappa shape index (κ2) is 4.83. The highest BCUT2D eigenvalue weighted by atomic mass is 16.4. The number of amides is 1. The van der Waals surface area contributed by atoms with Crippen molar-refractivity contribution in [3.63, 3.8) is 0 Å². The molecule has 7 nitrogen and oxygen atoms in total. The summed E-state index contributed by atoms with van der Waals surface area (Å²) in [5.41, 5.74) is -1.12. The molecule has 1 aromatic heterocycles. The van der Waals surface area contributed by atoms with Gasteiger partial charge in [-0.3, -0.25) is 14.4 Å². The van der Waals surface area contributed by atoms with E-state index < -0.39 is 11.4 Å². The van der Waals surface area contributed by atoms with Crippen molar-refractivity contribution in [3.05, 3.63) is 28.2 Å². The minimum atomic E-state index is -0.875. The van der Waals surface area contributed by atoms with Gasteiger partial charge in [-0.15, -0.1) is 0 Å². The number of hydrogen-bond acceptors (Lipinski definition) is 4. The van der Waals surface area contributed by atoms with E-state index in [0.717, 1.165) is 0 Å². The molecule has 0 radical (unpaired) electrons. The Hall–Kier alpha value is -2.18. The molecule has 1 aromatic rings. The third kappa shape index (κ3) is 2.35. The van der Waals surface area contributed by atoms with Gasteiger partial charge >= 0.3 is 5.97 Å². The first-order valence-electron chi connectivity index (χ1n) is 6.07. The summed E-state index contributed by atoms with van der Waals surface area (Å²) in [6.45, 7) is 2.37. The Morgan fingerprint density at radius 3 is 2.74 bits per heavy atom. The number of likely N-dealkylation sites (tertiary alicyclic amines) is 1. The average molecular weight is 265 g/mol. The fourth-order valence-corrected chi connectivity index (χ4v) is 2.29. The van der Waals surface area contributed by atoms with Crippen LogP contribution in [-0.2, 0) is 4.79 Å². The summed E-state index contributed by atoms with van der Waals surface area (Å²) < 4.78 is 0. The molecule has 1 aliphatic heterocycles. The molecular weight excluding hydrogens is 250 g/mol. The maximum atomic E-state index is 12.1. The Morgan fingerprint density at radius 2 is 2.26 bits per heavy atom. The molecule has 1 atom stereocenters. The maximum Gasteiger partial charge on any atom is 0.311 e. The Labute approximate surface area is 109 Å². The van der Waals surface area contributed by atoms with Crippen LogP contribution in [0, 0.1) is 5.41 Å². The number of nitrogens with one attached hydrogen (secondary N) is 1. The summed E-state index contributed by atoms with van der Waals surface area (Å²) in [6.07, 6.45) is 0.916. The smallest absolute Gasteiger partial charge is 0.311 e. The molecule has 0 saturated carbocycles. The largest absolute Gasteiger partial charge is 0.481 e. The van der Waals surface area contributed by atoms with E-state index in [2.05, 4.69) is 10.2 Å². The number of H-pyrrole nitrogens is 1. The summed E-state index contributed by atoms with van der Waals surface area (Å²) in [5, 5.41) is 15.1. The van der Waals surface area contributed by atoms with E-state index in [0.29, 0.717) is 19.4 Å². The van der Waals surface area contributed by atoms with E-state index >= 15 is 0 Å². The van der Waals surface area contributed by atoms with Crippen LogP contribution >= 0.6 is 0 Å². The lowest BCUT2D eigenvalue weighted by Gasteiger charge is -2.22. The molecule has 1 saturated heterocycles. The van der Waals surface area contributed by atoms with Crippen molar-refractivity contribution >= 4 is 11.9 Å².